The maximum Gasteiger partial charge on any atom is 0.387 e. The van der Waals surface area contributed by atoms with Crippen molar-refractivity contribution in [2.45, 2.75) is 31.9 Å². The molecule has 0 saturated heterocycles. The summed E-state index contributed by atoms with van der Waals surface area (Å²) in [5.74, 6) is -0.0621. The number of anilines is 1. The number of methoxy groups -OCH3 is 1. The Labute approximate surface area is 178 Å². The highest BCUT2D eigenvalue weighted by atomic mass is 32.2. The molecule has 2 aromatic rings. The molecule has 0 aliphatic rings. The van der Waals surface area contributed by atoms with E-state index in [1.807, 2.05) is 0 Å². The Hall–Kier alpha value is -2.99. The lowest BCUT2D eigenvalue weighted by atomic mass is 10.2. The van der Waals surface area contributed by atoms with Gasteiger partial charge in [0.25, 0.3) is 5.69 Å². The van der Waals surface area contributed by atoms with Crippen LogP contribution in [0.3, 0.4) is 0 Å². The first-order valence-electron chi connectivity index (χ1n) is 9.28. The standard InChI is InChI=1S/C19H23F2N3O6S/c1-4-23(5-2)31(27,28)14-7-8-15(16(11-14)24(25)26)22-12-13-6-9-17(30-19(20)21)18(10-13)29-3/h6-11,19,22H,4-5,12H2,1-3H3. The van der Waals surface area contributed by atoms with E-state index in [2.05, 4.69) is 10.1 Å². The zero-order valence-electron chi connectivity index (χ0n) is 17.2. The first-order valence-corrected chi connectivity index (χ1v) is 10.7. The second kappa shape index (κ2) is 10.4. The van der Waals surface area contributed by atoms with Crippen LogP contribution in [0.25, 0.3) is 0 Å². The first kappa shape index (κ1) is 24.3. The molecule has 31 heavy (non-hydrogen) atoms. The summed E-state index contributed by atoms with van der Waals surface area (Å²) in [7, 11) is -2.56. The molecule has 0 saturated carbocycles. The summed E-state index contributed by atoms with van der Waals surface area (Å²) in [5.41, 5.74) is 0.279. The van der Waals surface area contributed by atoms with E-state index < -0.39 is 27.2 Å². The molecule has 0 amide bonds. The summed E-state index contributed by atoms with van der Waals surface area (Å²) in [6, 6.07) is 7.88. The summed E-state index contributed by atoms with van der Waals surface area (Å²) in [6.45, 7) is 0.911. The van der Waals surface area contributed by atoms with Gasteiger partial charge in [-0.05, 0) is 29.8 Å². The van der Waals surface area contributed by atoms with Crippen LogP contribution in [0.4, 0.5) is 20.2 Å². The number of nitrogens with zero attached hydrogens (tertiary/aromatic N) is 2. The predicted molar refractivity (Wildman–Crippen MR) is 110 cm³/mol. The highest BCUT2D eigenvalue weighted by Crippen LogP contribution is 2.32. The topological polar surface area (TPSA) is 111 Å². The fraction of sp³-hybridized carbons (Fsp3) is 0.368. The van der Waals surface area contributed by atoms with Crippen molar-refractivity contribution in [3.63, 3.8) is 0 Å². The summed E-state index contributed by atoms with van der Waals surface area (Å²) < 4.78 is 60.8. The summed E-state index contributed by atoms with van der Waals surface area (Å²) in [5, 5.41) is 14.4. The van der Waals surface area contributed by atoms with Gasteiger partial charge in [0.1, 0.15) is 5.69 Å². The molecule has 1 N–H and O–H groups in total. The molecule has 2 aromatic carbocycles. The van der Waals surface area contributed by atoms with Crippen LogP contribution >= 0.6 is 0 Å². The number of nitro benzene ring substituents is 1. The Morgan fingerprint density at radius 3 is 2.35 bits per heavy atom. The molecule has 0 unspecified atom stereocenters. The minimum Gasteiger partial charge on any atom is -0.493 e. The van der Waals surface area contributed by atoms with Crippen LogP contribution in [0.1, 0.15) is 19.4 Å². The van der Waals surface area contributed by atoms with Crippen LogP contribution in [0, 0.1) is 10.1 Å². The lowest BCUT2D eigenvalue weighted by Crippen LogP contribution is -2.30. The van der Waals surface area contributed by atoms with E-state index in [0.717, 1.165) is 6.07 Å². The fourth-order valence-electron chi connectivity index (χ4n) is 2.90. The van der Waals surface area contributed by atoms with Gasteiger partial charge in [-0.2, -0.15) is 13.1 Å². The molecule has 0 radical (unpaired) electrons. The van der Waals surface area contributed by atoms with Crippen LogP contribution in [-0.2, 0) is 16.6 Å². The van der Waals surface area contributed by atoms with Gasteiger partial charge >= 0.3 is 6.61 Å². The van der Waals surface area contributed by atoms with Gasteiger partial charge < -0.3 is 14.8 Å². The van der Waals surface area contributed by atoms with E-state index in [-0.39, 0.29) is 41.7 Å². The molecule has 0 atom stereocenters. The van der Waals surface area contributed by atoms with Crippen molar-refractivity contribution in [1.82, 2.24) is 4.31 Å². The number of alkyl halides is 2. The van der Waals surface area contributed by atoms with Gasteiger partial charge in [-0.25, -0.2) is 8.42 Å². The third kappa shape index (κ3) is 5.79. The van der Waals surface area contributed by atoms with Crippen molar-refractivity contribution in [2.75, 3.05) is 25.5 Å². The molecule has 0 bridgehead atoms. The molecule has 12 heteroatoms. The second-order valence-corrected chi connectivity index (χ2v) is 8.18. The average Bonchev–Trinajstić information content (AvgIpc) is 2.73. The second-order valence-electron chi connectivity index (χ2n) is 6.24. The molecule has 0 aromatic heterocycles. The first-order chi connectivity index (χ1) is 14.6. The van der Waals surface area contributed by atoms with Crippen molar-refractivity contribution in [3.8, 4) is 11.5 Å². The lowest BCUT2D eigenvalue weighted by molar-refractivity contribution is -0.384. The fourth-order valence-corrected chi connectivity index (χ4v) is 4.38. The van der Waals surface area contributed by atoms with Crippen LogP contribution in [0.2, 0.25) is 0 Å². The van der Waals surface area contributed by atoms with Crippen LogP contribution in [-0.4, -0.2) is 44.5 Å². The minimum absolute atomic E-state index is 0.0785. The minimum atomic E-state index is -3.86. The zero-order valence-corrected chi connectivity index (χ0v) is 18.0. The van der Waals surface area contributed by atoms with Gasteiger partial charge in [0, 0.05) is 25.7 Å². The number of halogens is 2. The van der Waals surface area contributed by atoms with E-state index in [1.54, 1.807) is 13.8 Å². The number of ether oxygens (including phenoxy) is 2. The van der Waals surface area contributed by atoms with Crippen LogP contribution in [0.15, 0.2) is 41.3 Å². The third-order valence-corrected chi connectivity index (χ3v) is 6.48. The van der Waals surface area contributed by atoms with Gasteiger partial charge in [0.05, 0.1) is 16.9 Å². The summed E-state index contributed by atoms with van der Waals surface area (Å²) in [4.78, 5) is 10.7. The number of hydrogen-bond donors (Lipinski definition) is 1. The van der Waals surface area contributed by atoms with E-state index in [0.29, 0.717) is 5.56 Å². The van der Waals surface area contributed by atoms with Crippen molar-refractivity contribution < 1.29 is 31.6 Å². The van der Waals surface area contributed by atoms with E-state index in [4.69, 9.17) is 4.74 Å². The van der Waals surface area contributed by atoms with Crippen LogP contribution in [0.5, 0.6) is 11.5 Å². The highest BCUT2D eigenvalue weighted by Gasteiger charge is 2.25. The zero-order chi connectivity index (χ0) is 23.2. The molecule has 0 aliphatic heterocycles. The molecule has 0 fully saturated rings. The van der Waals surface area contributed by atoms with Crippen LogP contribution < -0.4 is 14.8 Å². The predicted octanol–water partition coefficient (Wildman–Crippen LogP) is 3.85. The molecular formula is C19H23F2N3O6S. The lowest BCUT2D eigenvalue weighted by Gasteiger charge is -2.18. The van der Waals surface area contributed by atoms with E-state index >= 15 is 0 Å². The van der Waals surface area contributed by atoms with Gasteiger partial charge in [-0.3, -0.25) is 10.1 Å². The molecule has 0 aliphatic carbocycles. The van der Waals surface area contributed by atoms with E-state index in [1.165, 1.54) is 41.7 Å². The number of hydrogen-bond acceptors (Lipinski definition) is 7. The molecule has 0 spiro atoms. The maximum atomic E-state index is 12.6. The largest absolute Gasteiger partial charge is 0.493 e. The smallest absolute Gasteiger partial charge is 0.387 e. The number of nitrogens with one attached hydrogen (secondary N) is 1. The van der Waals surface area contributed by atoms with Crippen molar-refractivity contribution in [1.29, 1.82) is 0 Å². The van der Waals surface area contributed by atoms with Crippen molar-refractivity contribution in [3.05, 3.63) is 52.1 Å². The summed E-state index contributed by atoms with van der Waals surface area (Å²) in [6.07, 6.45) is 0. The Bertz CT molecular complexity index is 1030. The maximum absolute atomic E-state index is 12.6. The number of rotatable bonds is 11. The van der Waals surface area contributed by atoms with Gasteiger partial charge in [0.15, 0.2) is 11.5 Å². The SMILES string of the molecule is CCN(CC)S(=O)(=O)c1ccc(NCc2ccc(OC(F)F)c(OC)c2)c([N+](=O)[O-])c1. The number of benzene rings is 2. The average molecular weight is 459 g/mol. The van der Waals surface area contributed by atoms with E-state index in [9.17, 15) is 27.3 Å². The molecule has 2 rings (SSSR count). The number of sulfonamides is 1. The number of nitro groups is 1. The molecule has 170 valence electrons. The molecule has 0 heterocycles. The quantitative estimate of drug-likeness (QED) is 0.401. The molecular weight excluding hydrogens is 436 g/mol. The van der Waals surface area contributed by atoms with Gasteiger partial charge in [-0.1, -0.05) is 19.9 Å². The summed E-state index contributed by atoms with van der Waals surface area (Å²) >= 11 is 0. The Morgan fingerprint density at radius 1 is 1.13 bits per heavy atom. The monoisotopic (exact) mass is 459 g/mol. The normalized spacial score (nSPS) is 11.6. The Kier molecular flexibility index (Phi) is 8.11. The Balaban J connectivity index is 2.29. The van der Waals surface area contributed by atoms with Crippen molar-refractivity contribution >= 4 is 21.4 Å². The Morgan fingerprint density at radius 2 is 1.81 bits per heavy atom. The highest BCUT2D eigenvalue weighted by molar-refractivity contribution is 7.89. The third-order valence-electron chi connectivity index (χ3n) is 4.44. The molecule has 9 nitrogen and oxygen atoms in total. The van der Waals surface area contributed by atoms with Gasteiger partial charge in [-0.15, -0.1) is 0 Å². The van der Waals surface area contributed by atoms with Crippen molar-refractivity contribution in [2.24, 2.45) is 0 Å². The van der Waals surface area contributed by atoms with Gasteiger partial charge in [0.2, 0.25) is 10.0 Å².